The summed E-state index contributed by atoms with van der Waals surface area (Å²) in [4.78, 5) is 40.3. The van der Waals surface area contributed by atoms with E-state index in [1.54, 1.807) is 18.2 Å². The SMILES string of the molecule is Nc1cccc2c1C(=O)N(CCCCN1CCN(c3ncc(-c4ccccc4)cn3)CC1)C2=O. The molecule has 2 amide bonds. The maximum absolute atomic E-state index is 12.6. The molecule has 2 N–H and O–H groups in total. The first kappa shape index (κ1) is 22.0. The molecule has 2 aromatic carbocycles. The third kappa shape index (κ3) is 4.36. The minimum atomic E-state index is -0.273. The Labute approximate surface area is 199 Å². The van der Waals surface area contributed by atoms with Crippen LogP contribution in [0, 0.1) is 0 Å². The lowest BCUT2D eigenvalue weighted by Gasteiger charge is -2.34. The lowest BCUT2D eigenvalue weighted by molar-refractivity contribution is 0.0650. The fraction of sp³-hybridized carbons (Fsp3) is 0.308. The average Bonchev–Trinajstić information content (AvgIpc) is 3.13. The maximum atomic E-state index is 12.6. The Balaban J connectivity index is 1.06. The van der Waals surface area contributed by atoms with E-state index in [1.807, 2.05) is 30.6 Å². The molecule has 1 fully saturated rings. The molecule has 0 bridgehead atoms. The minimum Gasteiger partial charge on any atom is -0.398 e. The first-order chi connectivity index (χ1) is 16.6. The van der Waals surface area contributed by atoms with Crippen LogP contribution in [0.1, 0.15) is 33.6 Å². The molecule has 0 aliphatic carbocycles. The molecule has 0 saturated carbocycles. The Bertz CT molecular complexity index is 1170. The molecule has 1 saturated heterocycles. The Hall–Kier alpha value is -3.78. The van der Waals surface area contributed by atoms with Crippen LogP contribution in [-0.4, -0.2) is 70.9 Å². The molecule has 3 aromatic rings. The van der Waals surface area contributed by atoms with Gasteiger partial charge in [0.05, 0.1) is 11.1 Å². The number of rotatable bonds is 7. The van der Waals surface area contributed by atoms with Gasteiger partial charge in [-0.1, -0.05) is 36.4 Å². The summed E-state index contributed by atoms with van der Waals surface area (Å²) >= 11 is 0. The molecule has 0 unspecified atom stereocenters. The summed E-state index contributed by atoms with van der Waals surface area (Å²) in [7, 11) is 0. The van der Waals surface area contributed by atoms with Crippen molar-refractivity contribution in [1.29, 1.82) is 0 Å². The predicted molar refractivity (Wildman–Crippen MR) is 132 cm³/mol. The number of nitrogens with two attached hydrogens (primary N) is 1. The molecule has 0 spiro atoms. The number of piperazine rings is 1. The van der Waals surface area contributed by atoms with Crippen LogP contribution in [0.4, 0.5) is 11.6 Å². The smallest absolute Gasteiger partial charge is 0.263 e. The second-order valence-electron chi connectivity index (χ2n) is 8.71. The highest BCUT2D eigenvalue weighted by Crippen LogP contribution is 2.27. The molecular formula is C26H28N6O2. The van der Waals surface area contributed by atoms with Crippen molar-refractivity contribution >= 4 is 23.5 Å². The second kappa shape index (κ2) is 9.61. The number of carbonyl (C=O) groups is 2. The van der Waals surface area contributed by atoms with Gasteiger partial charge in [-0.3, -0.25) is 19.4 Å². The quantitative estimate of drug-likeness (QED) is 0.332. The van der Waals surface area contributed by atoms with Crippen LogP contribution in [0.3, 0.4) is 0 Å². The Morgan fingerprint density at radius 3 is 2.18 bits per heavy atom. The van der Waals surface area contributed by atoms with Crippen LogP contribution in [0.2, 0.25) is 0 Å². The summed E-state index contributed by atoms with van der Waals surface area (Å²) in [6.07, 6.45) is 5.47. The standard InChI is InChI=1S/C26H28N6O2/c27-22-10-6-9-21-23(22)25(34)32(24(21)33)12-5-4-11-30-13-15-31(16-14-30)26-28-17-20(18-29-26)19-7-2-1-3-8-19/h1-3,6-10,17-18H,4-5,11-16,27H2. The van der Waals surface area contributed by atoms with Crippen LogP contribution >= 0.6 is 0 Å². The largest absolute Gasteiger partial charge is 0.398 e. The first-order valence-electron chi connectivity index (χ1n) is 11.7. The lowest BCUT2D eigenvalue weighted by Crippen LogP contribution is -2.47. The number of nitrogen functional groups attached to an aromatic ring is 1. The maximum Gasteiger partial charge on any atom is 0.263 e. The monoisotopic (exact) mass is 456 g/mol. The number of carbonyl (C=O) groups excluding carboxylic acids is 2. The molecule has 34 heavy (non-hydrogen) atoms. The summed E-state index contributed by atoms with van der Waals surface area (Å²) in [5.41, 5.74) is 9.18. The second-order valence-corrected chi connectivity index (χ2v) is 8.71. The normalized spacial score (nSPS) is 16.2. The number of aromatic nitrogens is 2. The minimum absolute atomic E-state index is 0.237. The van der Waals surface area contributed by atoms with Crippen molar-refractivity contribution in [2.75, 3.05) is 49.9 Å². The molecule has 8 heteroatoms. The molecule has 8 nitrogen and oxygen atoms in total. The zero-order chi connectivity index (χ0) is 23.5. The van der Waals surface area contributed by atoms with Crippen molar-refractivity contribution in [2.24, 2.45) is 0 Å². The van der Waals surface area contributed by atoms with Crippen molar-refractivity contribution in [1.82, 2.24) is 19.8 Å². The summed E-state index contributed by atoms with van der Waals surface area (Å²) in [5.74, 6) is 0.258. The van der Waals surface area contributed by atoms with E-state index in [4.69, 9.17) is 5.73 Å². The third-order valence-electron chi connectivity index (χ3n) is 6.54. The van der Waals surface area contributed by atoms with Gasteiger partial charge in [0.2, 0.25) is 5.95 Å². The van der Waals surface area contributed by atoms with Gasteiger partial charge in [0.15, 0.2) is 0 Å². The van der Waals surface area contributed by atoms with Gasteiger partial charge in [0.25, 0.3) is 11.8 Å². The van der Waals surface area contributed by atoms with E-state index in [0.29, 0.717) is 23.4 Å². The van der Waals surface area contributed by atoms with Crippen molar-refractivity contribution < 1.29 is 9.59 Å². The van der Waals surface area contributed by atoms with Crippen LogP contribution in [0.5, 0.6) is 0 Å². The molecule has 5 rings (SSSR count). The van der Waals surface area contributed by atoms with Crippen LogP contribution in [-0.2, 0) is 0 Å². The molecule has 174 valence electrons. The summed E-state index contributed by atoms with van der Waals surface area (Å²) in [6, 6.07) is 15.2. The number of hydrogen-bond donors (Lipinski definition) is 1. The Kier molecular flexibility index (Phi) is 6.22. The van der Waals surface area contributed by atoms with Crippen LogP contribution < -0.4 is 10.6 Å². The summed E-state index contributed by atoms with van der Waals surface area (Å²) in [6.45, 7) is 4.99. The molecule has 1 aromatic heterocycles. The van der Waals surface area contributed by atoms with Crippen molar-refractivity contribution in [3.63, 3.8) is 0 Å². The van der Waals surface area contributed by atoms with Gasteiger partial charge in [-0.05, 0) is 37.1 Å². The van der Waals surface area contributed by atoms with E-state index in [1.165, 1.54) is 4.90 Å². The number of nitrogens with zero attached hydrogens (tertiary/aromatic N) is 5. The third-order valence-corrected chi connectivity index (χ3v) is 6.54. The topological polar surface area (TPSA) is 95.7 Å². The van der Waals surface area contributed by atoms with Gasteiger partial charge in [-0.25, -0.2) is 9.97 Å². The highest BCUT2D eigenvalue weighted by Gasteiger charge is 2.36. The molecule has 2 aliphatic rings. The van der Waals surface area contributed by atoms with E-state index in [9.17, 15) is 9.59 Å². The van der Waals surface area contributed by atoms with Crippen molar-refractivity contribution in [3.8, 4) is 11.1 Å². The highest BCUT2D eigenvalue weighted by atomic mass is 16.2. The van der Waals surface area contributed by atoms with Gasteiger partial charge in [-0.2, -0.15) is 0 Å². The van der Waals surface area contributed by atoms with Gasteiger partial charge < -0.3 is 10.6 Å². The van der Waals surface area contributed by atoms with E-state index >= 15 is 0 Å². The first-order valence-corrected chi connectivity index (χ1v) is 11.7. The summed E-state index contributed by atoms with van der Waals surface area (Å²) in [5, 5.41) is 0. The van der Waals surface area contributed by atoms with Crippen LogP contribution in [0.15, 0.2) is 60.9 Å². The number of fused-ring (bicyclic) bond motifs is 1. The van der Waals surface area contributed by atoms with E-state index in [0.717, 1.165) is 62.6 Å². The molecular weight excluding hydrogens is 428 g/mol. The Morgan fingerprint density at radius 2 is 1.47 bits per heavy atom. The molecule has 2 aliphatic heterocycles. The van der Waals surface area contributed by atoms with Gasteiger partial charge in [0.1, 0.15) is 0 Å². The zero-order valence-electron chi connectivity index (χ0n) is 19.1. The number of benzene rings is 2. The van der Waals surface area contributed by atoms with E-state index < -0.39 is 0 Å². The lowest BCUT2D eigenvalue weighted by atomic mass is 10.1. The van der Waals surface area contributed by atoms with Gasteiger partial charge >= 0.3 is 0 Å². The molecule has 0 atom stereocenters. The Morgan fingerprint density at radius 1 is 0.765 bits per heavy atom. The average molecular weight is 457 g/mol. The summed E-state index contributed by atoms with van der Waals surface area (Å²) < 4.78 is 0. The highest BCUT2D eigenvalue weighted by molar-refractivity contribution is 6.23. The fourth-order valence-corrected chi connectivity index (χ4v) is 4.60. The zero-order valence-corrected chi connectivity index (χ0v) is 19.1. The molecule has 3 heterocycles. The van der Waals surface area contributed by atoms with Gasteiger partial charge in [-0.15, -0.1) is 0 Å². The number of anilines is 2. The van der Waals surface area contributed by atoms with E-state index in [-0.39, 0.29) is 11.8 Å². The molecule has 0 radical (unpaired) electrons. The number of imide groups is 1. The van der Waals surface area contributed by atoms with E-state index in [2.05, 4.69) is 31.9 Å². The number of unbranched alkanes of at least 4 members (excludes halogenated alkanes) is 1. The predicted octanol–water partition coefficient (Wildman–Crippen LogP) is 2.92. The van der Waals surface area contributed by atoms with Gasteiger partial charge in [0, 0.05) is 56.4 Å². The van der Waals surface area contributed by atoms with Crippen molar-refractivity contribution in [2.45, 2.75) is 12.8 Å². The van der Waals surface area contributed by atoms with Crippen LogP contribution in [0.25, 0.3) is 11.1 Å². The number of amides is 2. The van der Waals surface area contributed by atoms with Crippen molar-refractivity contribution in [3.05, 3.63) is 72.1 Å². The number of hydrogen-bond acceptors (Lipinski definition) is 7. The fourth-order valence-electron chi connectivity index (χ4n) is 4.60.